The molecule has 1 atom stereocenters. The van der Waals surface area contributed by atoms with Crippen LogP contribution >= 0.6 is 0 Å². The first-order valence-corrected chi connectivity index (χ1v) is 6.70. The molecule has 1 saturated heterocycles. The maximum absolute atomic E-state index is 5.73. The second-order valence-corrected chi connectivity index (χ2v) is 5.03. The van der Waals surface area contributed by atoms with Crippen LogP contribution in [0.15, 0.2) is 24.3 Å². The molecule has 0 saturated carbocycles. The first-order chi connectivity index (χ1) is 9.24. The topological polar surface area (TPSA) is 49.9 Å². The fourth-order valence-electron chi connectivity index (χ4n) is 2.37. The van der Waals surface area contributed by atoms with Crippen LogP contribution in [-0.2, 0) is 4.74 Å². The third-order valence-electron chi connectivity index (χ3n) is 3.46. The zero-order valence-electron chi connectivity index (χ0n) is 11.4. The molecule has 0 spiro atoms. The third-order valence-corrected chi connectivity index (χ3v) is 3.46. The van der Waals surface area contributed by atoms with Crippen molar-refractivity contribution in [3.8, 4) is 11.3 Å². The van der Waals surface area contributed by atoms with Crippen LogP contribution in [0.1, 0.15) is 23.2 Å². The van der Waals surface area contributed by atoms with Gasteiger partial charge in [-0.05, 0) is 13.8 Å². The summed E-state index contributed by atoms with van der Waals surface area (Å²) in [4.78, 5) is 8.06. The maximum Gasteiger partial charge on any atom is 0.137 e. The maximum atomic E-state index is 5.73. The highest BCUT2D eigenvalue weighted by atomic mass is 16.5. The van der Waals surface area contributed by atoms with Gasteiger partial charge < -0.3 is 15.0 Å². The van der Waals surface area contributed by atoms with Gasteiger partial charge in [-0.25, -0.2) is 4.98 Å². The lowest BCUT2D eigenvalue weighted by atomic mass is 10.1. The molecule has 100 valence electrons. The van der Waals surface area contributed by atoms with Crippen molar-refractivity contribution in [3.05, 3.63) is 41.3 Å². The van der Waals surface area contributed by atoms with Gasteiger partial charge in [-0.2, -0.15) is 0 Å². The number of aromatic nitrogens is 2. The van der Waals surface area contributed by atoms with Crippen LogP contribution < -0.4 is 5.32 Å². The SMILES string of the molecule is Cc1ccc(-c2nc(C3CNCCO3)[nH]c2C)cc1. The average Bonchev–Trinajstić information content (AvgIpc) is 2.83. The minimum atomic E-state index is 0.0339. The molecule has 0 aliphatic carbocycles. The number of aryl methyl sites for hydroxylation is 2. The number of benzene rings is 1. The molecule has 2 N–H and O–H groups in total. The lowest BCUT2D eigenvalue weighted by Gasteiger charge is -2.21. The number of morpholine rings is 1. The van der Waals surface area contributed by atoms with Crippen LogP contribution in [0.3, 0.4) is 0 Å². The summed E-state index contributed by atoms with van der Waals surface area (Å²) in [6, 6.07) is 8.45. The van der Waals surface area contributed by atoms with Crippen molar-refractivity contribution in [2.75, 3.05) is 19.7 Å². The van der Waals surface area contributed by atoms with Crippen molar-refractivity contribution >= 4 is 0 Å². The van der Waals surface area contributed by atoms with E-state index in [0.717, 1.165) is 42.5 Å². The summed E-state index contributed by atoms with van der Waals surface area (Å²) in [5.74, 6) is 0.917. The summed E-state index contributed by atoms with van der Waals surface area (Å²) in [6.07, 6.45) is 0.0339. The molecule has 1 aliphatic rings. The van der Waals surface area contributed by atoms with E-state index in [9.17, 15) is 0 Å². The van der Waals surface area contributed by atoms with Gasteiger partial charge in [-0.15, -0.1) is 0 Å². The van der Waals surface area contributed by atoms with E-state index in [0.29, 0.717) is 0 Å². The van der Waals surface area contributed by atoms with Crippen molar-refractivity contribution in [2.24, 2.45) is 0 Å². The molecule has 1 aromatic carbocycles. The van der Waals surface area contributed by atoms with Crippen LogP contribution in [0.5, 0.6) is 0 Å². The van der Waals surface area contributed by atoms with Gasteiger partial charge in [-0.1, -0.05) is 29.8 Å². The second-order valence-electron chi connectivity index (χ2n) is 5.03. The normalized spacial score (nSPS) is 19.6. The highest BCUT2D eigenvalue weighted by Gasteiger charge is 2.20. The third kappa shape index (κ3) is 2.55. The predicted molar refractivity (Wildman–Crippen MR) is 75.1 cm³/mol. The Morgan fingerprint density at radius 2 is 2.00 bits per heavy atom. The van der Waals surface area contributed by atoms with Gasteiger partial charge in [0.25, 0.3) is 0 Å². The lowest BCUT2D eigenvalue weighted by Crippen LogP contribution is -2.33. The summed E-state index contributed by atoms with van der Waals surface area (Å²) >= 11 is 0. The van der Waals surface area contributed by atoms with Crippen molar-refractivity contribution in [2.45, 2.75) is 20.0 Å². The molecule has 2 heterocycles. The van der Waals surface area contributed by atoms with Crippen LogP contribution in [0.4, 0.5) is 0 Å². The minimum absolute atomic E-state index is 0.0339. The highest BCUT2D eigenvalue weighted by Crippen LogP contribution is 2.25. The molecule has 1 aromatic heterocycles. The Balaban J connectivity index is 1.90. The number of imidazole rings is 1. The summed E-state index contributed by atoms with van der Waals surface area (Å²) in [5, 5.41) is 3.32. The van der Waals surface area contributed by atoms with E-state index in [2.05, 4.69) is 48.4 Å². The largest absolute Gasteiger partial charge is 0.368 e. The fraction of sp³-hybridized carbons (Fsp3) is 0.400. The smallest absolute Gasteiger partial charge is 0.137 e. The predicted octanol–water partition coefficient (Wildman–Crippen LogP) is 2.35. The number of H-pyrrole nitrogens is 1. The van der Waals surface area contributed by atoms with Crippen molar-refractivity contribution in [1.82, 2.24) is 15.3 Å². The number of hydrogen-bond donors (Lipinski definition) is 2. The van der Waals surface area contributed by atoms with Crippen molar-refractivity contribution in [1.29, 1.82) is 0 Å². The number of hydrogen-bond acceptors (Lipinski definition) is 3. The van der Waals surface area contributed by atoms with Crippen molar-refractivity contribution in [3.63, 3.8) is 0 Å². The Hall–Kier alpha value is -1.65. The van der Waals surface area contributed by atoms with Crippen LogP contribution in [-0.4, -0.2) is 29.7 Å². The van der Waals surface area contributed by atoms with E-state index in [4.69, 9.17) is 9.72 Å². The zero-order valence-corrected chi connectivity index (χ0v) is 11.4. The van der Waals surface area contributed by atoms with E-state index < -0.39 is 0 Å². The Labute approximate surface area is 113 Å². The first-order valence-electron chi connectivity index (χ1n) is 6.70. The van der Waals surface area contributed by atoms with Gasteiger partial charge in [0.2, 0.25) is 0 Å². The molecule has 1 aliphatic heterocycles. The van der Waals surface area contributed by atoms with E-state index >= 15 is 0 Å². The average molecular weight is 257 g/mol. The molecule has 0 bridgehead atoms. The number of ether oxygens (including phenoxy) is 1. The highest BCUT2D eigenvalue weighted by molar-refractivity contribution is 5.62. The molecule has 0 radical (unpaired) electrons. The quantitative estimate of drug-likeness (QED) is 0.868. The number of nitrogens with one attached hydrogen (secondary N) is 2. The fourth-order valence-corrected chi connectivity index (χ4v) is 2.37. The number of aromatic amines is 1. The van der Waals surface area contributed by atoms with E-state index in [-0.39, 0.29) is 6.10 Å². The van der Waals surface area contributed by atoms with Crippen LogP contribution in [0.25, 0.3) is 11.3 Å². The molecule has 1 fully saturated rings. The molecular formula is C15H19N3O. The summed E-state index contributed by atoms with van der Waals surface area (Å²) in [6.45, 7) is 6.63. The van der Waals surface area contributed by atoms with Gasteiger partial charge in [-0.3, -0.25) is 0 Å². The first kappa shape index (κ1) is 12.4. The number of rotatable bonds is 2. The Kier molecular flexibility index (Phi) is 3.36. The van der Waals surface area contributed by atoms with Gasteiger partial charge in [0, 0.05) is 24.3 Å². The second kappa shape index (κ2) is 5.15. The van der Waals surface area contributed by atoms with E-state index in [1.54, 1.807) is 0 Å². The minimum Gasteiger partial charge on any atom is -0.368 e. The lowest BCUT2D eigenvalue weighted by molar-refractivity contribution is 0.0226. The molecule has 2 aromatic rings. The molecule has 19 heavy (non-hydrogen) atoms. The van der Waals surface area contributed by atoms with E-state index in [1.165, 1.54) is 5.56 Å². The number of nitrogens with zero attached hydrogens (tertiary/aromatic N) is 1. The zero-order chi connectivity index (χ0) is 13.2. The molecule has 4 nitrogen and oxygen atoms in total. The summed E-state index contributed by atoms with van der Waals surface area (Å²) in [7, 11) is 0. The Morgan fingerprint density at radius 1 is 1.21 bits per heavy atom. The summed E-state index contributed by atoms with van der Waals surface area (Å²) in [5.41, 5.74) is 4.52. The van der Waals surface area contributed by atoms with Gasteiger partial charge in [0.05, 0.1) is 12.3 Å². The molecule has 4 heteroatoms. The van der Waals surface area contributed by atoms with Crippen LogP contribution in [0, 0.1) is 13.8 Å². The van der Waals surface area contributed by atoms with Crippen molar-refractivity contribution < 1.29 is 4.74 Å². The standard InChI is InChI=1S/C15H19N3O/c1-10-3-5-12(6-4-10)14-11(2)17-15(18-14)13-9-16-7-8-19-13/h3-6,13,16H,7-9H2,1-2H3,(H,17,18). The Morgan fingerprint density at radius 3 is 2.68 bits per heavy atom. The van der Waals surface area contributed by atoms with E-state index in [1.807, 2.05) is 0 Å². The summed E-state index contributed by atoms with van der Waals surface area (Å²) < 4.78 is 5.73. The van der Waals surface area contributed by atoms with Gasteiger partial charge in [0.1, 0.15) is 11.9 Å². The van der Waals surface area contributed by atoms with Gasteiger partial charge >= 0.3 is 0 Å². The molecule has 1 unspecified atom stereocenters. The van der Waals surface area contributed by atoms with Crippen LogP contribution in [0.2, 0.25) is 0 Å². The molecular weight excluding hydrogens is 238 g/mol. The Bertz CT molecular complexity index is 553. The van der Waals surface area contributed by atoms with Gasteiger partial charge in [0.15, 0.2) is 0 Å². The monoisotopic (exact) mass is 257 g/mol. The molecule has 3 rings (SSSR count). The molecule has 0 amide bonds.